The summed E-state index contributed by atoms with van der Waals surface area (Å²) in [7, 11) is 1.65. The largest absolute Gasteiger partial charge is 0.465 e. The van der Waals surface area contributed by atoms with Crippen LogP contribution < -0.4 is 5.73 Å². The van der Waals surface area contributed by atoms with Crippen LogP contribution in [-0.4, -0.2) is 45.5 Å². The van der Waals surface area contributed by atoms with Crippen molar-refractivity contribution < 1.29 is 19.0 Å². The van der Waals surface area contributed by atoms with E-state index < -0.39 is 6.04 Å². The molecule has 0 fully saturated rings. The lowest BCUT2D eigenvalue weighted by molar-refractivity contribution is -0.145. The molecule has 0 aromatic heterocycles. The van der Waals surface area contributed by atoms with Crippen LogP contribution >= 0.6 is 0 Å². The van der Waals surface area contributed by atoms with Crippen LogP contribution in [0.25, 0.3) is 0 Å². The van der Waals surface area contributed by atoms with Crippen molar-refractivity contribution in [2.75, 3.05) is 33.5 Å². The van der Waals surface area contributed by atoms with E-state index in [4.69, 9.17) is 19.9 Å². The van der Waals surface area contributed by atoms with Crippen molar-refractivity contribution in [2.45, 2.75) is 25.8 Å². The van der Waals surface area contributed by atoms with E-state index in [9.17, 15) is 4.79 Å². The number of rotatable bonds is 9. The summed E-state index contributed by atoms with van der Waals surface area (Å²) >= 11 is 0. The Balaban J connectivity index is 3.30. The monoisotopic (exact) mass is 219 g/mol. The molecule has 0 aliphatic carbocycles. The Kier molecular flexibility index (Phi) is 9.46. The third kappa shape index (κ3) is 8.35. The van der Waals surface area contributed by atoms with Crippen LogP contribution in [0.4, 0.5) is 0 Å². The average Bonchev–Trinajstić information content (AvgIpc) is 2.23. The summed E-state index contributed by atoms with van der Waals surface area (Å²) in [4.78, 5) is 11.1. The first-order chi connectivity index (χ1) is 7.22. The SMILES string of the molecule is CCOC(=O)C(N)CCOCCCOC. The highest BCUT2D eigenvalue weighted by atomic mass is 16.5. The fraction of sp³-hybridized carbons (Fsp3) is 0.900. The number of esters is 1. The zero-order chi connectivity index (χ0) is 11.5. The summed E-state index contributed by atoms with van der Waals surface area (Å²) in [5.74, 6) is -0.363. The molecular weight excluding hydrogens is 198 g/mol. The van der Waals surface area contributed by atoms with Crippen LogP contribution in [0.2, 0.25) is 0 Å². The lowest BCUT2D eigenvalue weighted by atomic mass is 10.2. The first-order valence-corrected chi connectivity index (χ1v) is 5.21. The first-order valence-electron chi connectivity index (χ1n) is 5.21. The Morgan fingerprint density at radius 2 is 2.07 bits per heavy atom. The Labute approximate surface area is 90.9 Å². The molecule has 5 nitrogen and oxygen atoms in total. The van der Waals surface area contributed by atoms with Gasteiger partial charge in [-0.25, -0.2) is 0 Å². The number of hydrogen-bond donors (Lipinski definition) is 1. The van der Waals surface area contributed by atoms with Crippen LogP contribution in [-0.2, 0) is 19.0 Å². The smallest absolute Gasteiger partial charge is 0.322 e. The second-order valence-corrected chi connectivity index (χ2v) is 3.11. The molecule has 1 atom stereocenters. The van der Waals surface area contributed by atoms with E-state index in [-0.39, 0.29) is 5.97 Å². The molecule has 0 heterocycles. The second kappa shape index (κ2) is 9.89. The standard InChI is InChI=1S/C10H21NO4/c1-3-15-10(12)9(11)5-8-14-7-4-6-13-2/h9H,3-8,11H2,1-2H3. The van der Waals surface area contributed by atoms with E-state index >= 15 is 0 Å². The van der Waals surface area contributed by atoms with Gasteiger partial charge in [-0.05, 0) is 19.8 Å². The molecule has 0 aromatic rings. The topological polar surface area (TPSA) is 70.8 Å². The molecular formula is C10H21NO4. The Bertz CT molecular complexity index is 164. The highest BCUT2D eigenvalue weighted by molar-refractivity contribution is 5.75. The summed E-state index contributed by atoms with van der Waals surface area (Å²) in [6.45, 7) is 3.91. The maximum atomic E-state index is 11.1. The normalized spacial score (nSPS) is 12.5. The number of nitrogens with two attached hydrogens (primary N) is 1. The van der Waals surface area contributed by atoms with Gasteiger partial charge in [0.2, 0.25) is 0 Å². The molecule has 90 valence electrons. The van der Waals surface area contributed by atoms with Gasteiger partial charge in [-0.1, -0.05) is 0 Å². The van der Waals surface area contributed by atoms with Crippen LogP contribution in [0.3, 0.4) is 0 Å². The lowest BCUT2D eigenvalue weighted by Gasteiger charge is -2.10. The quantitative estimate of drug-likeness (QED) is 0.446. The third-order valence-electron chi connectivity index (χ3n) is 1.80. The maximum absolute atomic E-state index is 11.1. The van der Waals surface area contributed by atoms with Gasteiger partial charge in [-0.2, -0.15) is 0 Å². The molecule has 0 amide bonds. The van der Waals surface area contributed by atoms with Gasteiger partial charge in [0.25, 0.3) is 0 Å². The van der Waals surface area contributed by atoms with Gasteiger partial charge in [-0.15, -0.1) is 0 Å². The molecule has 2 N–H and O–H groups in total. The van der Waals surface area contributed by atoms with Gasteiger partial charge in [0, 0.05) is 26.9 Å². The third-order valence-corrected chi connectivity index (χ3v) is 1.80. The zero-order valence-corrected chi connectivity index (χ0v) is 9.53. The van der Waals surface area contributed by atoms with E-state index in [0.717, 1.165) is 6.42 Å². The van der Waals surface area contributed by atoms with Crippen molar-refractivity contribution in [3.05, 3.63) is 0 Å². The van der Waals surface area contributed by atoms with Gasteiger partial charge in [0.05, 0.1) is 6.61 Å². The van der Waals surface area contributed by atoms with E-state index in [0.29, 0.717) is 32.8 Å². The predicted molar refractivity (Wildman–Crippen MR) is 56.5 cm³/mol. The fourth-order valence-corrected chi connectivity index (χ4v) is 0.985. The Hall–Kier alpha value is -0.650. The summed E-state index contributed by atoms with van der Waals surface area (Å²) in [6, 6.07) is -0.577. The lowest BCUT2D eigenvalue weighted by Crippen LogP contribution is -2.33. The van der Waals surface area contributed by atoms with Gasteiger partial charge in [0.15, 0.2) is 0 Å². The van der Waals surface area contributed by atoms with E-state index in [1.807, 2.05) is 0 Å². The highest BCUT2D eigenvalue weighted by Gasteiger charge is 2.13. The minimum absolute atomic E-state index is 0.362. The molecule has 0 rings (SSSR count). The van der Waals surface area contributed by atoms with E-state index in [1.54, 1.807) is 14.0 Å². The molecule has 5 heteroatoms. The van der Waals surface area contributed by atoms with Gasteiger partial charge >= 0.3 is 5.97 Å². The van der Waals surface area contributed by atoms with Crippen molar-refractivity contribution in [3.8, 4) is 0 Å². The summed E-state index contributed by atoms with van der Waals surface area (Å²) < 4.78 is 14.9. The average molecular weight is 219 g/mol. The first kappa shape index (κ1) is 14.3. The molecule has 0 saturated carbocycles. The van der Waals surface area contributed by atoms with Crippen molar-refractivity contribution in [2.24, 2.45) is 5.73 Å². The van der Waals surface area contributed by atoms with Crippen LogP contribution in [0, 0.1) is 0 Å². The number of carbonyl (C=O) groups excluding carboxylic acids is 1. The summed E-state index contributed by atoms with van der Waals surface area (Å²) in [6.07, 6.45) is 1.34. The van der Waals surface area contributed by atoms with Gasteiger partial charge in [0.1, 0.15) is 6.04 Å². The van der Waals surface area contributed by atoms with E-state index in [1.165, 1.54) is 0 Å². The Morgan fingerprint density at radius 1 is 1.33 bits per heavy atom. The molecule has 15 heavy (non-hydrogen) atoms. The molecule has 0 bridgehead atoms. The van der Waals surface area contributed by atoms with Crippen LogP contribution in [0.1, 0.15) is 19.8 Å². The molecule has 1 unspecified atom stereocenters. The predicted octanol–water partition coefficient (Wildman–Crippen LogP) is 0.320. The van der Waals surface area contributed by atoms with Gasteiger partial charge < -0.3 is 19.9 Å². The van der Waals surface area contributed by atoms with Gasteiger partial charge in [-0.3, -0.25) is 4.79 Å². The number of ether oxygens (including phenoxy) is 3. The summed E-state index contributed by atoms with van der Waals surface area (Å²) in [5, 5.41) is 0. The zero-order valence-electron chi connectivity index (χ0n) is 9.53. The minimum atomic E-state index is -0.577. The highest BCUT2D eigenvalue weighted by Crippen LogP contribution is 1.94. The number of hydrogen-bond acceptors (Lipinski definition) is 5. The van der Waals surface area contributed by atoms with Crippen LogP contribution in [0.15, 0.2) is 0 Å². The molecule has 0 aliphatic heterocycles. The van der Waals surface area contributed by atoms with Crippen molar-refractivity contribution in [1.82, 2.24) is 0 Å². The molecule has 0 aliphatic rings. The molecule has 0 spiro atoms. The van der Waals surface area contributed by atoms with Crippen molar-refractivity contribution in [3.63, 3.8) is 0 Å². The second-order valence-electron chi connectivity index (χ2n) is 3.11. The number of methoxy groups -OCH3 is 1. The Morgan fingerprint density at radius 3 is 2.67 bits per heavy atom. The van der Waals surface area contributed by atoms with Crippen LogP contribution in [0.5, 0.6) is 0 Å². The maximum Gasteiger partial charge on any atom is 0.322 e. The molecule has 0 radical (unpaired) electrons. The molecule has 0 aromatic carbocycles. The number of carbonyl (C=O) groups is 1. The van der Waals surface area contributed by atoms with E-state index in [2.05, 4.69) is 0 Å². The fourth-order valence-electron chi connectivity index (χ4n) is 0.985. The van der Waals surface area contributed by atoms with Crippen molar-refractivity contribution >= 4 is 5.97 Å². The summed E-state index contributed by atoms with van der Waals surface area (Å²) in [5.41, 5.74) is 5.56. The van der Waals surface area contributed by atoms with Crippen molar-refractivity contribution in [1.29, 1.82) is 0 Å². The molecule has 0 saturated heterocycles. The minimum Gasteiger partial charge on any atom is -0.465 e.